The van der Waals surface area contributed by atoms with Crippen molar-refractivity contribution in [1.29, 1.82) is 0 Å². The second-order valence-corrected chi connectivity index (χ2v) is 8.34. The number of rotatable bonds is 3. The van der Waals surface area contributed by atoms with Gasteiger partial charge in [0.05, 0.1) is 15.9 Å². The predicted molar refractivity (Wildman–Crippen MR) is 128 cm³/mol. The predicted octanol–water partition coefficient (Wildman–Crippen LogP) is 5.46. The highest BCUT2D eigenvalue weighted by atomic mass is 35.5. The van der Waals surface area contributed by atoms with Crippen molar-refractivity contribution in [3.63, 3.8) is 0 Å². The van der Waals surface area contributed by atoms with Crippen LogP contribution in [0.2, 0.25) is 10.2 Å². The van der Waals surface area contributed by atoms with Crippen molar-refractivity contribution in [2.24, 2.45) is 5.73 Å². The fourth-order valence-electron chi connectivity index (χ4n) is 3.79. The molecule has 0 aliphatic heterocycles. The fraction of sp³-hybridized carbons (Fsp3) is 0.0833. The summed E-state index contributed by atoms with van der Waals surface area (Å²) in [5.41, 5.74) is 8.53. The highest BCUT2D eigenvalue weighted by Gasteiger charge is 2.18. The molecule has 3 heterocycles. The molecule has 0 fully saturated rings. The molecule has 0 saturated carbocycles. The van der Waals surface area contributed by atoms with E-state index in [4.69, 9.17) is 28.9 Å². The van der Waals surface area contributed by atoms with E-state index < -0.39 is 17.4 Å². The first-order valence-corrected chi connectivity index (χ1v) is 10.8. The minimum atomic E-state index is -0.532. The molecule has 0 radical (unpaired) electrons. The highest BCUT2D eigenvalue weighted by molar-refractivity contribution is 6.35. The summed E-state index contributed by atoms with van der Waals surface area (Å²) in [6.45, 7) is 1.73. The number of hydrogen-bond donors (Lipinski definition) is 1. The van der Waals surface area contributed by atoms with E-state index in [2.05, 4.69) is 15.0 Å². The summed E-state index contributed by atoms with van der Waals surface area (Å²) in [4.78, 5) is 26.5. The summed E-state index contributed by atoms with van der Waals surface area (Å²) >= 11 is 12.5. The van der Waals surface area contributed by atoms with Crippen LogP contribution < -0.4 is 11.3 Å². The summed E-state index contributed by atoms with van der Waals surface area (Å²) in [6.07, 6.45) is 1.63. The molecule has 0 bridgehead atoms. The van der Waals surface area contributed by atoms with Crippen LogP contribution >= 0.6 is 23.2 Å². The largest absolute Gasteiger partial charge is 0.323 e. The van der Waals surface area contributed by atoms with Crippen LogP contribution in [0.3, 0.4) is 0 Å². The van der Waals surface area contributed by atoms with Gasteiger partial charge in [0.25, 0.3) is 5.56 Å². The summed E-state index contributed by atoms with van der Waals surface area (Å²) in [5, 5.41) is 0.662. The van der Waals surface area contributed by atoms with Crippen molar-refractivity contribution in [1.82, 2.24) is 19.5 Å². The number of pyridine rings is 2. The summed E-state index contributed by atoms with van der Waals surface area (Å²) in [5.74, 6) is -0.105. The highest BCUT2D eigenvalue weighted by Crippen LogP contribution is 2.28. The molecule has 164 valence electrons. The SMILES string of the molecule is C[C@H](N)c1cc2c(F)ccc(Cl)c2c(=O)n1-c1ccc(-c2nc(Cl)c3ncccc3n2)cc1. The maximum Gasteiger partial charge on any atom is 0.264 e. The van der Waals surface area contributed by atoms with Gasteiger partial charge in [0.15, 0.2) is 11.0 Å². The topological polar surface area (TPSA) is 86.7 Å². The first-order chi connectivity index (χ1) is 15.8. The van der Waals surface area contributed by atoms with Gasteiger partial charge in [-0.1, -0.05) is 23.2 Å². The van der Waals surface area contributed by atoms with Gasteiger partial charge in [-0.25, -0.2) is 14.4 Å². The van der Waals surface area contributed by atoms with Crippen molar-refractivity contribution >= 4 is 45.0 Å². The number of aromatic nitrogens is 4. The number of fused-ring (bicyclic) bond motifs is 2. The van der Waals surface area contributed by atoms with E-state index in [1.54, 1.807) is 55.6 Å². The number of hydrogen-bond acceptors (Lipinski definition) is 5. The van der Waals surface area contributed by atoms with Crippen LogP contribution in [0.15, 0.2) is 65.6 Å². The normalized spacial score (nSPS) is 12.4. The fourth-order valence-corrected chi connectivity index (χ4v) is 4.26. The average molecular weight is 480 g/mol. The Morgan fingerprint density at radius 1 is 1.06 bits per heavy atom. The van der Waals surface area contributed by atoms with Crippen LogP contribution in [0.5, 0.6) is 0 Å². The third-order valence-electron chi connectivity index (χ3n) is 5.37. The molecular weight excluding hydrogens is 464 g/mol. The monoisotopic (exact) mass is 479 g/mol. The van der Waals surface area contributed by atoms with E-state index in [0.29, 0.717) is 33.8 Å². The Morgan fingerprint density at radius 3 is 2.55 bits per heavy atom. The van der Waals surface area contributed by atoms with Gasteiger partial charge in [-0.05, 0) is 61.5 Å². The van der Waals surface area contributed by atoms with Crippen LogP contribution in [0.4, 0.5) is 4.39 Å². The first kappa shape index (κ1) is 21.5. The molecule has 1 atom stereocenters. The Hall–Kier alpha value is -3.39. The molecule has 0 unspecified atom stereocenters. The third-order valence-corrected chi connectivity index (χ3v) is 5.95. The smallest absolute Gasteiger partial charge is 0.264 e. The lowest BCUT2D eigenvalue weighted by atomic mass is 10.1. The molecule has 2 aromatic carbocycles. The zero-order valence-electron chi connectivity index (χ0n) is 17.3. The van der Waals surface area contributed by atoms with Crippen molar-refractivity contribution in [3.8, 4) is 17.1 Å². The zero-order chi connectivity index (χ0) is 23.3. The number of nitrogens with zero attached hydrogens (tertiary/aromatic N) is 4. The quantitative estimate of drug-likeness (QED) is 0.347. The minimum Gasteiger partial charge on any atom is -0.323 e. The summed E-state index contributed by atoms with van der Waals surface area (Å²) in [7, 11) is 0. The van der Waals surface area contributed by atoms with Crippen LogP contribution in [-0.4, -0.2) is 19.5 Å². The zero-order valence-corrected chi connectivity index (χ0v) is 18.8. The second-order valence-electron chi connectivity index (χ2n) is 7.57. The molecule has 0 amide bonds. The molecule has 0 aliphatic rings. The molecule has 5 aromatic rings. The summed E-state index contributed by atoms with van der Waals surface area (Å²) < 4.78 is 15.9. The van der Waals surface area contributed by atoms with E-state index in [-0.39, 0.29) is 20.9 Å². The van der Waals surface area contributed by atoms with E-state index >= 15 is 0 Å². The van der Waals surface area contributed by atoms with Crippen LogP contribution in [0.25, 0.3) is 38.9 Å². The van der Waals surface area contributed by atoms with Gasteiger partial charge in [0.2, 0.25) is 0 Å². The molecule has 9 heteroatoms. The lowest BCUT2D eigenvalue weighted by Gasteiger charge is -2.18. The van der Waals surface area contributed by atoms with Crippen LogP contribution in [0, 0.1) is 5.82 Å². The Morgan fingerprint density at radius 2 is 1.82 bits per heavy atom. The number of nitrogens with two attached hydrogens (primary N) is 1. The van der Waals surface area contributed by atoms with Crippen molar-refractivity contribution < 1.29 is 4.39 Å². The Kier molecular flexibility index (Phi) is 5.32. The number of benzene rings is 2. The van der Waals surface area contributed by atoms with E-state index in [1.807, 2.05) is 0 Å². The van der Waals surface area contributed by atoms with Gasteiger partial charge in [0.1, 0.15) is 11.3 Å². The second kappa shape index (κ2) is 8.19. The molecule has 0 aliphatic carbocycles. The number of halogens is 3. The van der Waals surface area contributed by atoms with Gasteiger partial charge in [-0.2, -0.15) is 0 Å². The maximum absolute atomic E-state index is 14.4. The lowest BCUT2D eigenvalue weighted by molar-refractivity contribution is 0.638. The maximum atomic E-state index is 14.4. The minimum absolute atomic E-state index is 0.0993. The molecule has 2 N–H and O–H groups in total. The lowest BCUT2D eigenvalue weighted by Crippen LogP contribution is -2.26. The first-order valence-electron chi connectivity index (χ1n) is 10.0. The van der Waals surface area contributed by atoms with E-state index in [1.165, 1.54) is 16.7 Å². The molecular formula is C24H16Cl2FN5O. The summed E-state index contributed by atoms with van der Waals surface area (Å²) in [6, 6.07) is 14.3. The molecule has 6 nitrogen and oxygen atoms in total. The molecule has 5 rings (SSSR count). The molecule has 3 aromatic heterocycles. The van der Waals surface area contributed by atoms with Gasteiger partial charge < -0.3 is 5.73 Å². The van der Waals surface area contributed by atoms with Gasteiger partial charge in [0, 0.05) is 34.6 Å². The van der Waals surface area contributed by atoms with Crippen molar-refractivity contribution in [3.05, 3.63) is 92.8 Å². The average Bonchev–Trinajstić information content (AvgIpc) is 2.81. The van der Waals surface area contributed by atoms with Crippen LogP contribution in [0.1, 0.15) is 18.7 Å². The molecule has 0 saturated heterocycles. The van der Waals surface area contributed by atoms with Crippen molar-refractivity contribution in [2.75, 3.05) is 0 Å². The standard InChI is InChI=1S/C24H16Cl2FN5O/c1-12(28)19-11-15-17(27)9-8-16(25)20(15)24(33)32(19)14-6-4-13(5-7-14)23-30-18-3-2-10-29-21(18)22(26)31-23/h2-12H,28H2,1H3/t12-/m0/s1. The Balaban J connectivity index is 1.68. The Bertz CT molecular complexity index is 1600. The molecule has 33 heavy (non-hydrogen) atoms. The van der Waals surface area contributed by atoms with Gasteiger partial charge >= 0.3 is 0 Å². The van der Waals surface area contributed by atoms with E-state index in [9.17, 15) is 9.18 Å². The van der Waals surface area contributed by atoms with Crippen molar-refractivity contribution in [2.45, 2.75) is 13.0 Å². The third kappa shape index (κ3) is 3.64. The Labute approximate surface area is 197 Å². The molecule has 0 spiro atoms. The van der Waals surface area contributed by atoms with Crippen LogP contribution in [-0.2, 0) is 0 Å². The van der Waals surface area contributed by atoms with Gasteiger partial charge in [-0.3, -0.25) is 14.3 Å². The van der Waals surface area contributed by atoms with Gasteiger partial charge in [-0.15, -0.1) is 0 Å². The van der Waals surface area contributed by atoms with E-state index in [0.717, 1.165) is 0 Å².